The summed E-state index contributed by atoms with van der Waals surface area (Å²) in [6, 6.07) is 0. The average Bonchev–Trinajstić information content (AvgIpc) is 2.83. The summed E-state index contributed by atoms with van der Waals surface area (Å²) in [7, 11) is 2.04. The Bertz CT molecular complexity index is 348. The molecule has 20 heavy (non-hydrogen) atoms. The molecule has 0 aliphatic carbocycles. The highest BCUT2D eigenvalue weighted by Gasteiger charge is 1.99. The van der Waals surface area contributed by atoms with Crippen molar-refractivity contribution >= 4 is 5.97 Å². The van der Waals surface area contributed by atoms with Gasteiger partial charge in [-0.05, 0) is 12.8 Å². The summed E-state index contributed by atoms with van der Waals surface area (Å²) < 4.78 is 2.08. The first-order valence-electron chi connectivity index (χ1n) is 7.83. The Balaban J connectivity index is 0.000000388. The number of H-pyrrole nitrogens is 1. The van der Waals surface area contributed by atoms with Gasteiger partial charge in [-0.25, -0.2) is 9.55 Å². The predicted octanol–water partition coefficient (Wildman–Crippen LogP) is 2.28. The van der Waals surface area contributed by atoms with Crippen LogP contribution in [0.1, 0.15) is 71.0 Å². The van der Waals surface area contributed by atoms with E-state index < -0.39 is 5.97 Å². The molecule has 0 saturated heterocycles. The maximum Gasteiger partial charge on any atom is 0.253 e. The minimum Gasteiger partial charge on any atom is -0.550 e. The van der Waals surface area contributed by atoms with Crippen LogP contribution in [0.2, 0.25) is 0 Å². The van der Waals surface area contributed by atoms with Gasteiger partial charge in [-0.1, -0.05) is 52.4 Å². The number of carboxylic acids is 1. The molecule has 1 aromatic heterocycles. The van der Waals surface area contributed by atoms with Gasteiger partial charge in [-0.2, -0.15) is 0 Å². The normalized spacial score (nSPS) is 9.95. The van der Waals surface area contributed by atoms with E-state index in [1.165, 1.54) is 37.9 Å². The quantitative estimate of drug-likeness (QED) is 0.558. The molecule has 1 heterocycles. The van der Waals surface area contributed by atoms with E-state index in [9.17, 15) is 9.90 Å². The van der Waals surface area contributed by atoms with Crippen molar-refractivity contribution in [2.75, 3.05) is 0 Å². The number of nitrogens with zero attached hydrogens (tertiary/aromatic N) is 1. The van der Waals surface area contributed by atoms with Crippen LogP contribution in [0.4, 0.5) is 0 Å². The first kappa shape index (κ1) is 18.7. The molecule has 0 saturated carbocycles. The van der Waals surface area contributed by atoms with Gasteiger partial charge in [0.25, 0.3) is 5.82 Å². The van der Waals surface area contributed by atoms with Crippen LogP contribution in [0.15, 0.2) is 12.4 Å². The monoisotopic (exact) mass is 282 g/mol. The number of hydrogen-bond acceptors (Lipinski definition) is 2. The van der Waals surface area contributed by atoms with Gasteiger partial charge in [-0.3, -0.25) is 0 Å². The molecule has 0 bridgehead atoms. The van der Waals surface area contributed by atoms with E-state index in [0.29, 0.717) is 0 Å². The van der Waals surface area contributed by atoms with Crippen LogP contribution in [-0.2, 0) is 18.3 Å². The average molecular weight is 282 g/mol. The number of aromatic amines is 1. The van der Waals surface area contributed by atoms with Gasteiger partial charge < -0.3 is 9.90 Å². The van der Waals surface area contributed by atoms with Crippen molar-refractivity contribution in [3.8, 4) is 0 Å². The molecule has 116 valence electrons. The summed E-state index contributed by atoms with van der Waals surface area (Å²) in [5, 5.41) is 10.0. The fraction of sp³-hybridized carbons (Fsp3) is 0.750. The number of carbonyl (C=O) groups is 1. The molecule has 0 fully saturated rings. The van der Waals surface area contributed by atoms with Gasteiger partial charge in [0.05, 0.1) is 7.05 Å². The number of imidazole rings is 1. The standard InChI is InChI=1S/C10H20O2.C6H10N2/c1-2-3-4-5-6-7-8-9-10(11)12;1-3-6-7-4-5-8(6)2/h2-9H2,1H3,(H,11,12);4-5H,3H2,1-2H3. The fourth-order valence-electron chi connectivity index (χ4n) is 2.01. The Morgan fingerprint density at radius 2 is 1.75 bits per heavy atom. The van der Waals surface area contributed by atoms with E-state index in [1.807, 2.05) is 19.4 Å². The van der Waals surface area contributed by atoms with Crippen LogP contribution < -0.4 is 9.67 Å². The Morgan fingerprint density at radius 3 is 2.15 bits per heavy atom. The lowest BCUT2D eigenvalue weighted by Gasteiger charge is -2.01. The van der Waals surface area contributed by atoms with Gasteiger partial charge in [0.2, 0.25) is 0 Å². The van der Waals surface area contributed by atoms with Crippen molar-refractivity contribution < 1.29 is 14.5 Å². The second kappa shape index (κ2) is 12.7. The van der Waals surface area contributed by atoms with Gasteiger partial charge in [-0.15, -0.1) is 0 Å². The van der Waals surface area contributed by atoms with Crippen LogP contribution >= 0.6 is 0 Å². The molecule has 0 aliphatic heterocycles. The summed E-state index contributed by atoms with van der Waals surface area (Å²) in [6.07, 6.45) is 13.4. The number of carbonyl (C=O) groups excluding carboxylic acids is 1. The fourth-order valence-corrected chi connectivity index (χ4v) is 2.01. The lowest BCUT2D eigenvalue weighted by Crippen LogP contribution is -2.29. The second-order valence-electron chi connectivity index (χ2n) is 5.11. The Labute approximate surface area is 123 Å². The van der Waals surface area contributed by atoms with Crippen molar-refractivity contribution in [1.82, 2.24) is 4.98 Å². The van der Waals surface area contributed by atoms with Gasteiger partial charge in [0.1, 0.15) is 12.4 Å². The lowest BCUT2D eigenvalue weighted by atomic mass is 10.1. The first-order valence-corrected chi connectivity index (χ1v) is 7.83. The number of unbranched alkanes of at least 4 members (excludes halogenated alkanes) is 6. The summed E-state index contributed by atoms with van der Waals surface area (Å²) in [6.45, 7) is 4.32. The topological polar surface area (TPSA) is 59.8 Å². The van der Waals surface area contributed by atoms with E-state index in [-0.39, 0.29) is 6.42 Å². The van der Waals surface area contributed by atoms with Gasteiger partial charge in [0, 0.05) is 12.4 Å². The molecule has 1 rings (SSSR count). The third-order valence-corrected chi connectivity index (χ3v) is 3.29. The zero-order valence-corrected chi connectivity index (χ0v) is 13.3. The van der Waals surface area contributed by atoms with Crippen molar-refractivity contribution in [3.05, 3.63) is 18.2 Å². The minimum absolute atomic E-state index is 0.230. The molecule has 0 spiro atoms. The third-order valence-electron chi connectivity index (χ3n) is 3.29. The van der Waals surface area contributed by atoms with Crippen molar-refractivity contribution in [1.29, 1.82) is 0 Å². The van der Waals surface area contributed by atoms with Crippen molar-refractivity contribution in [2.24, 2.45) is 7.05 Å². The van der Waals surface area contributed by atoms with Crippen LogP contribution in [0.25, 0.3) is 0 Å². The molecule has 0 aliphatic rings. The van der Waals surface area contributed by atoms with E-state index in [1.54, 1.807) is 0 Å². The molecule has 4 heteroatoms. The largest absolute Gasteiger partial charge is 0.550 e. The third kappa shape index (κ3) is 10.6. The smallest absolute Gasteiger partial charge is 0.253 e. The summed E-state index contributed by atoms with van der Waals surface area (Å²) in [5.74, 6) is 0.355. The lowest BCUT2D eigenvalue weighted by molar-refractivity contribution is -0.677. The highest BCUT2D eigenvalue weighted by atomic mass is 16.4. The number of carboxylic acid groups (broad SMARTS) is 1. The number of hydrogen-bond donors (Lipinski definition) is 1. The molecule has 0 atom stereocenters. The minimum atomic E-state index is -0.913. The summed E-state index contributed by atoms with van der Waals surface area (Å²) in [4.78, 5) is 13.1. The zero-order chi connectivity index (χ0) is 15.2. The number of aromatic nitrogens is 2. The Hall–Kier alpha value is -1.32. The molecule has 0 radical (unpaired) electrons. The highest BCUT2D eigenvalue weighted by molar-refractivity contribution is 5.63. The van der Waals surface area contributed by atoms with E-state index >= 15 is 0 Å². The van der Waals surface area contributed by atoms with Crippen LogP contribution in [0, 0.1) is 0 Å². The number of rotatable bonds is 9. The molecule has 1 N–H and O–H groups in total. The number of aryl methyl sites for hydroxylation is 2. The van der Waals surface area contributed by atoms with E-state index in [4.69, 9.17) is 0 Å². The van der Waals surface area contributed by atoms with Crippen molar-refractivity contribution in [2.45, 2.75) is 71.6 Å². The molecular formula is C16H30N2O2. The van der Waals surface area contributed by atoms with Gasteiger partial charge >= 0.3 is 0 Å². The van der Waals surface area contributed by atoms with Crippen LogP contribution in [0.5, 0.6) is 0 Å². The number of nitrogens with one attached hydrogen (secondary N) is 1. The Kier molecular flexibility index (Phi) is 11.9. The van der Waals surface area contributed by atoms with E-state index in [0.717, 1.165) is 19.3 Å². The summed E-state index contributed by atoms with van der Waals surface area (Å²) >= 11 is 0. The summed E-state index contributed by atoms with van der Waals surface area (Å²) in [5.41, 5.74) is 0. The Morgan fingerprint density at radius 1 is 1.15 bits per heavy atom. The molecular weight excluding hydrogens is 252 g/mol. The SMILES string of the molecule is CCCCCCCCCC(=O)[O-].CCc1[nH]cc[n+]1C. The van der Waals surface area contributed by atoms with E-state index in [2.05, 4.69) is 23.4 Å². The van der Waals surface area contributed by atoms with Gasteiger partial charge in [0.15, 0.2) is 0 Å². The predicted molar refractivity (Wildman–Crippen MR) is 79.0 cm³/mol. The maximum atomic E-state index is 10.0. The van der Waals surface area contributed by atoms with Crippen LogP contribution in [-0.4, -0.2) is 11.0 Å². The molecule has 0 unspecified atom stereocenters. The highest BCUT2D eigenvalue weighted by Crippen LogP contribution is 2.07. The molecule has 0 amide bonds. The second-order valence-corrected chi connectivity index (χ2v) is 5.11. The molecule has 1 aromatic rings. The van der Waals surface area contributed by atoms with Crippen molar-refractivity contribution in [3.63, 3.8) is 0 Å². The molecule has 0 aromatic carbocycles. The number of aliphatic carboxylic acids is 1. The van der Waals surface area contributed by atoms with Crippen LogP contribution in [0.3, 0.4) is 0 Å². The zero-order valence-electron chi connectivity index (χ0n) is 13.3. The maximum absolute atomic E-state index is 10.0. The first-order chi connectivity index (χ1) is 9.61. The molecule has 4 nitrogen and oxygen atoms in total.